The third-order valence-corrected chi connectivity index (χ3v) is 3.55. The van der Waals surface area contributed by atoms with E-state index in [-0.39, 0.29) is 29.8 Å². The zero-order valence-corrected chi connectivity index (χ0v) is 14.0. The van der Waals surface area contributed by atoms with Crippen LogP contribution in [0.2, 0.25) is 0 Å². The van der Waals surface area contributed by atoms with Crippen molar-refractivity contribution in [1.82, 2.24) is 5.32 Å². The Bertz CT molecular complexity index is 414. The summed E-state index contributed by atoms with van der Waals surface area (Å²) >= 11 is 0. The lowest BCUT2D eigenvalue weighted by molar-refractivity contribution is 0.412. The zero-order chi connectivity index (χ0) is 13.5. The molecule has 2 rings (SSSR count). The summed E-state index contributed by atoms with van der Waals surface area (Å²) in [7, 11) is 0. The molecule has 112 valence electrons. The number of guanidine groups is 1. The van der Waals surface area contributed by atoms with Crippen molar-refractivity contribution in [1.29, 1.82) is 0 Å². The number of rotatable bonds is 4. The molecule has 1 saturated carbocycles. The minimum atomic E-state index is -0.203. The summed E-state index contributed by atoms with van der Waals surface area (Å²) in [5.74, 6) is 0.333. The van der Waals surface area contributed by atoms with Gasteiger partial charge >= 0.3 is 0 Å². The van der Waals surface area contributed by atoms with Gasteiger partial charge in [0.1, 0.15) is 5.82 Å². The molecule has 1 fully saturated rings. The van der Waals surface area contributed by atoms with Crippen molar-refractivity contribution in [2.45, 2.75) is 44.6 Å². The third kappa shape index (κ3) is 6.07. The molecule has 1 aromatic rings. The second-order valence-corrected chi connectivity index (χ2v) is 5.12. The fraction of sp³-hybridized carbons (Fsp3) is 0.533. The average Bonchev–Trinajstić information content (AvgIpc) is 2.42. The second kappa shape index (κ2) is 9.15. The highest BCUT2D eigenvalue weighted by molar-refractivity contribution is 14.0. The predicted molar refractivity (Wildman–Crippen MR) is 92.0 cm³/mol. The lowest BCUT2D eigenvalue weighted by Crippen LogP contribution is -2.41. The predicted octanol–water partition coefficient (Wildman–Crippen LogP) is 3.22. The van der Waals surface area contributed by atoms with Crippen LogP contribution >= 0.6 is 24.0 Å². The Morgan fingerprint density at radius 2 is 1.85 bits per heavy atom. The number of benzene rings is 1. The smallest absolute Gasteiger partial charge is 0.188 e. The summed E-state index contributed by atoms with van der Waals surface area (Å²) in [6.45, 7) is 0.636. The number of nitrogens with two attached hydrogens (primary N) is 1. The van der Waals surface area contributed by atoms with E-state index >= 15 is 0 Å². The van der Waals surface area contributed by atoms with Gasteiger partial charge in [-0.05, 0) is 37.0 Å². The van der Waals surface area contributed by atoms with E-state index in [9.17, 15) is 4.39 Å². The van der Waals surface area contributed by atoms with Gasteiger partial charge in [0, 0.05) is 12.6 Å². The molecule has 3 nitrogen and oxygen atoms in total. The van der Waals surface area contributed by atoms with Gasteiger partial charge < -0.3 is 11.1 Å². The lowest BCUT2D eigenvalue weighted by atomic mass is 9.96. The van der Waals surface area contributed by atoms with Crippen LogP contribution in [-0.4, -0.2) is 18.5 Å². The van der Waals surface area contributed by atoms with Crippen LogP contribution in [0.3, 0.4) is 0 Å². The highest BCUT2D eigenvalue weighted by Crippen LogP contribution is 2.16. The van der Waals surface area contributed by atoms with Crippen molar-refractivity contribution in [2.75, 3.05) is 6.54 Å². The Morgan fingerprint density at radius 3 is 2.50 bits per heavy atom. The first kappa shape index (κ1) is 17.2. The van der Waals surface area contributed by atoms with Gasteiger partial charge in [0.25, 0.3) is 0 Å². The van der Waals surface area contributed by atoms with Gasteiger partial charge in [0.2, 0.25) is 0 Å². The van der Waals surface area contributed by atoms with Crippen molar-refractivity contribution in [3.8, 4) is 0 Å². The Morgan fingerprint density at radius 1 is 1.20 bits per heavy atom. The number of aliphatic imine (C=N–C) groups is 1. The Balaban J connectivity index is 0.00000200. The summed E-state index contributed by atoms with van der Waals surface area (Å²) in [5, 5.41) is 3.28. The molecule has 0 aromatic heterocycles. The molecule has 0 heterocycles. The van der Waals surface area contributed by atoms with Crippen LogP contribution < -0.4 is 11.1 Å². The van der Waals surface area contributed by atoms with Gasteiger partial charge in [-0.3, -0.25) is 4.99 Å². The van der Waals surface area contributed by atoms with E-state index in [0.29, 0.717) is 18.5 Å². The van der Waals surface area contributed by atoms with Gasteiger partial charge in [-0.25, -0.2) is 4.39 Å². The molecule has 1 aliphatic carbocycles. The molecule has 0 aliphatic heterocycles. The number of hydrogen-bond donors (Lipinski definition) is 2. The molecule has 0 bridgehead atoms. The molecular weight excluding hydrogens is 368 g/mol. The maximum atomic E-state index is 12.7. The van der Waals surface area contributed by atoms with Gasteiger partial charge in [-0.15, -0.1) is 24.0 Å². The number of halogens is 2. The van der Waals surface area contributed by atoms with Gasteiger partial charge in [-0.1, -0.05) is 31.4 Å². The molecule has 0 radical (unpaired) electrons. The average molecular weight is 391 g/mol. The molecule has 5 heteroatoms. The fourth-order valence-electron chi connectivity index (χ4n) is 2.46. The van der Waals surface area contributed by atoms with Crippen LogP contribution in [0.5, 0.6) is 0 Å². The lowest BCUT2D eigenvalue weighted by Gasteiger charge is -2.23. The van der Waals surface area contributed by atoms with E-state index < -0.39 is 0 Å². The summed E-state index contributed by atoms with van der Waals surface area (Å²) in [4.78, 5) is 4.33. The van der Waals surface area contributed by atoms with Crippen LogP contribution in [0, 0.1) is 5.82 Å². The van der Waals surface area contributed by atoms with Crippen molar-refractivity contribution in [2.24, 2.45) is 10.7 Å². The molecule has 0 unspecified atom stereocenters. The highest BCUT2D eigenvalue weighted by atomic mass is 127. The standard InChI is InChI=1S/C15H22FN3.HI/c16-13-8-6-12(7-9-13)10-11-18-15(17)19-14-4-2-1-3-5-14;/h6-9,14H,1-5,10-11H2,(H3,17,18,19);1H. The molecule has 1 aromatic carbocycles. The molecule has 0 saturated heterocycles. The molecular formula is C15H23FIN3. The van der Waals surface area contributed by atoms with Crippen LogP contribution in [0.4, 0.5) is 4.39 Å². The largest absolute Gasteiger partial charge is 0.370 e. The molecule has 20 heavy (non-hydrogen) atoms. The molecule has 1 aliphatic rings. The number of nitrogens with zero attached hydrogens (tertiary/aromatic N) is 1. The monoisotopic (exact) mass is 391 g/mol. The quantitative estimate of drug-likeness (QED) is 0.471. The minimum absolute atomic E-state index is 0. The highest BCUT2D eigenvalue weighted by Gasteiger charge is 2.12. The maximum absolute atomic E-state index is 12.7. The molecule has 3 N–H and O–H groups in total. The Labute approximate surface area is 137 Å². The first-order valence-electron chi connectivity index (χ1n) is 7.05. The Hall–Kier alpha value is -0.850. The second-order valence-electron chi connectivity index (χ2n) is 5.12. The van der Waals surface area contributed by atoms with Crippen molar-refractivity contribution in [3.05, 3.63) is 35.6 Å². The van der Waals surface area contributed by atoms with E-state index in [1.807, 2.05) is 0 Å². The van der Waals surface area contributed by atoms with Crippen molar-refractivity contribution >= 4 is 29.9 Å². The summed E-state index contributed by atoms with van der Waals surface area (Å²) in [6.07, 6.45) is 7.05. The van der Waals surface area contributed by atoms with E-state index in [1.54, 1.807) is 12.1 Å². The SMILES string of the molecule is I.NC(=NCCc1ccc(F)cc1)NC1CCCCC1. The van der Waals surface area contributed by atoms with E-state index in [1.165, 1.54) is 44.2 Å². The van der Waals surface area contributed by atoms with Crippen molar-refractivity contribution < 1.29 is 4.39 Å². The van der Waals surface area contributed by atoms with Crippen molar-refractivity contribution in [3.63, 3.8) is 0 Å². The van der Waals surface area contributed by atoms with E-state index in [2.05, 4.69) is 10.3 Å². The zero-order valence-electron chi connectivity index (χ0n) is 11.6. The van der Waals surface area contributed by atoms with Gasteiger partial charge in [0.15, 0.2) is 5.96 Å². The topological polar surface area (TPSA) is 50.4 Å². The van der Waals surface area contributed by atoms with Gasteiger partial charge in [0.05, 0.1) is 0 Å². The molecule has 0 atom stereocenters. The normalized spacial score (nSPS) is 16.6. The van der Waals surface area contributed by atoms with E-state index in [0.717, 1.165) is 12.0 Å². The molecule has 0 amide bonds. The van der Waals surface area contributed by atoms with Crippen LogP contribution in [0.1, 0.15) is 37.7 Å². The number of hydrogen-bond acceptors (Lipinski definition) is 1. The minimum Gasteiger partial charge on any atom is -0.370 e. The fourth-order valence-corrected chi connectivity index (χ4v) is 2.46. The van der Waals surface area contributed by atoms with Gasteiger partial charge in [-0.2, -0.15) is 0 Å². The Kier molecular flexibility index (Phi) is 7.87. The summed E-state index contributed by atoms with van der Waals surface area (Å²) in [6, 6.07) is 7.01. The first-order valence-corrected chi connectivity index (χ1v) is 7.05. The van der Waals surface area contributed by atoms with Crippen LogP contribution in [-0.2, 0) is 6.42 Å². The summed E-state index contributed by atoms with van der Waals surface area (Å²) in [5.41, 5.74) is 6.95. The third-order valence-electron chi connectivity index (χ3n) is 3.55. The maximum Gasteiger partial charge on any atom is 0.188 e. The van der Waals surface area contributed by atoms with Crippen LogP contribution in [0.25, 0.3) is 0 Å². The summed E-state index contributed by atoms with van der Waals surface area (Å²) < 4.78 is 12.7. The molecule has 0 spiro atoms. The first-order chi connectivity index (χ1) is 9.24. The van der Waals surface area contributed by atoms with Crippen LogP contribution in [0.15, 0.2) is 29.3 Å². The number of nitrogens with one attached hydrogen (secondary N) is 1. The van der Waals surface area contributed by atoms with E-state index in [4.69, 9.17) is 5.73 Å².